The molecule has 0 aliphatic carbocycles. The van der Waals surface area contributed by atoms with Gasteiger partial charge in [0, 0.05) is 11.0 Å². The highest BCUT2D eigenvalue weighted by atomic mass is 33.1. The summed E-state index contributed by atoms with van der Waals surface area (Å²) in [5, 5.41) is 0.306. The Kier molecular flexibility index (Phi) is 4.66. The van der Waals surface area contributed by atoms with Gasteiger partial charge >= 0.3 is 0 Å². The third-order valence-electron chi connectivity index (χ3n) is 0.619. The van der Waals surface area contributed by atoms with Gasteiger partial charge in [-0.05, 0) is 0 Å². The second-order valence-corrected chi connectivity index (χ2v) is 5.69. The summed E-state index contributed by atoms with van der Waals surface area (Å²) in [5.74, 6) is 0.949. The van der Waals surface area contributed by atoms with Crippen molar-refractivity contribution in [2.75, 3.05) is 5.75 Å². The molecule has 0 saturated carbocycles. The van der Waals surface area contributed by atoms with Crippen molar-refractivity contribution in [2.45, 2.75) is 26.0 Å². The zero-order valence-corrected chi connectivity index (χ0v) is 7.14. The lowest BCUT2D eigenvalue weighted by Crippen LogP contribution is -2.00. The maximum atomic E-state index is 10.8. The van der Waals surface area contributed by atoms with E-state index in [4.69, 9.17) is 0 Å². The molecule has 0 spiro atoms. The van der Waals surface area contributed by atoms with Crippen LogP contribution in [0.15, 0.2) is 0 Å². The fraction of sp³-hybridized carbons (Fsp3) is 1.00. The average Bonchev–Trinajstić information content (AvgIpc) is 1.67. The largest absolute Gasteiger partial charge is 0.248 e. The van der Waals surface area contributed by atoms with Crippen molar-refractivity contribution in [3.8, 4) is 0 Å². The Morgan fingerprint density at radius 2 is 2.12 bits per heavy atom. The minimum Gasteiger partial charge on any atom is -0.248 e. The summed E-state index contributed by atoms with van der Waals surface area (Å²) in [6.07, 6.45) is 0. The van der Waals surface area contributed by atoms with Crippen molar-refractivity contribution in [3.05, 3.63) is 0 Å². The van der Waals surface area contributed by atoms with E-state index in [9.17, 15) is 4.21 Å². The first-order valence-electron chi connectivity index (χ1n) is 2.72. The molecule has 0 amide bonds. The van der Waals surface area contributed by atoms with Gasteiger partial charge in [0.25, 0.3) is 0 Å². The first kappa shape index (κ1) is 8.50. The molecular weight excluding hydrogens is 140 g/mol. The van der Waals surface area contributed by atoms with Crippen LogP contribution in [0.3, 0.4) is 0 Å². The van der Waals surface area contributed by atoms with Crippen LogP contribution >= 0.6 is 10.8 Å². The van der Waals surface area contributed by atoms with E-state index in [1.807, 2.05) is 20.8 Å². The van der Waals surface area contributed by atoms with Crippen molar-refractivity contribution < 1.29 is 4.21 Å². The van der Waals surface area contributed by atoms with Crippen LogP contribution in [0.4, 0.5) is 0 Å². The van der Waals surface area contributed by atoms with Crippen LogP contribution in [0.25, 0.3) is 0 Å². The van der Waals surface area contributed by atoms with Crippen molar-refractivity contribution in [1.82, 2.24) is 0 Å². The van der Waals surface area contributed by atoms with Crippen LogP contribution in [0, 0.1) is 0 Å². The molecule has 0 bridgehead atoms. The van der Waals surface area contributed by atoms with E-state index in [0.29, 0.717) is 5.25 Å². The van der Waals surface area contributed by atoms with Gasteiger partial charge in [-0.1, -0.05) is 31.6 Å². The van der Waals surface area contributed by atoms with Crippen LogP contribution in [-0.4, -0.2) is 15.2 Å². The molecule has 8 heavy (non-hydrogen) atoms. The predicted octanol–water partition coefficient (Wildman–Crippen LogP) is 1.81. The first-order valence-corrected chi connectivity index (χ1v) is 5.43. The summed E-state index contributed by atoms with van der Waals surface area (Å²) < 4.78 is 10.8. The van der Waals surface area contributed by atoms with Gasteiger partial charge in [-0.3, -0.25) is 0 Å². The quantitative estimate of drug-likeness (QED) is 0.574. The second kappa shape index (κ2) is 4.39. The zero-order chi connectivity index (χ0) is 6.57. The summed E-state index contributed by atoms with van der Waals surface area (Å²) in [4.78, 5) is 0. The molecule has 1 nitrogen and oxygen atoms in total. The molecular formula is C5H12OS2. The fourth-order valence-electron chi connectivity index (χ4n) is 0.252. The molecule has 50 valence electrons. The lowest BCUT2D eigenvalue weighted by molar-refractivity contribution is 0.686. The normalized spacial score (nSPS) is 14.5. The third-order valence-corrected chi connectivity index (χ3v) is 4.42. The van der Waals surface area contributed by atoms with E-state index >= 15 is 0 Å². The molecule has 0 N–H and O–H groups in total. The molecule has 0 rings (SSSR count). The van der Waals surface area contributed by atoms with E-state index in [1.54, 1.807) is 0 Å². The minimum absolute atomic E-state index is 0.306. The van der Waals surface area contributed by atoms with Gasteiger partial charge in [0.1, 0.15) is 0 Å². The molecule has 1 unspecified atom stereocenters. The van der Waals surface area contributed by atoms with Gasteiger partial charge in [-0.25, -0.2) is 4.21 Å². The van der Waals surface area contributed by atoms with E-state index in [2.05, 4.69) is 0 Å². The Morgan fingerprint density at radius 1 is 1.62 bits per heavy atom. The van der Waals surface area contributed by atoms with Crippen molar-refractivity contribution >= 4 is 20.6 Å². The van der Waals surface area contributed by atoms with Gasteiger partial charge < -0.3 is 0 Å². The van der Waals surface area contributed by atoms with Crippen molar-refractivity contribution in [3.63, 3.8) is 0 Å². The highest BCUT2D eigenvalue weighted by Gasteiger charge is 2.01. The minimum atomic E-state index is -0.655. The highest BCUT2D eigenvalue weighted by Crippen LogP contribution is 2.10. The Bertz CT molecular complexity index is 80.5. The number of rotatable bonds is 3. The second-order valence-electron chi connectivity index (χ2n) is 1.72. The Hall–Kier alpha value is 0.500. The van der Waals surface area contributed by atoms with Gasteiger partial charge in [0.05, 0.1) is 9.83 Å². The SMILES string of the molecule is CCSS(=O)C(C)C. The summed E-state index contributed by atoms with van der Waals surface area (Å²) in [5.41, 5.74) is 0. The van der Waals surface area contributed by atoms with Crippen LogP contribution in [-0.2, 0) is 9.83 Å². The maximum Gasteiger partial charge on any atom is 0.0829 e. The molecule has 0 aliphatic rings. The fourth-order valence-corrected chi connectivity index (χ4v) is 2.27. The monoisotopic (exact) mass is 152 g/mol. The molecule has 0 aliphatic heterocycles. The van der Waals surface area contributed by atoms with E-state index < -0.39 is 9.83 Å². The Balaban J connectivity index is 3.33. The summed E-state index contributed by atoms with van der Waals surface area (Å²) in [6.45, 7) is 5.96. The summed E-state index contributed by atoms with van der Waals surface area (Å²) in [6, 6.07) is 0. The van der Waals surface area contributed by atoms with Gasteiger partial charge in [0.15, 0.2) is 0 Å². The lowest BCUT2D eigenvalue weighted by atomic mass is 10.6. The number of hydrogen-bond acceptors (Lipinski definition) is 2. The summed E-state index contributed by atoms with van der Waals surface area (Å²) in [7, 11) is 0.856. The highest BCUT2D eigenvalue weighted by molar-refractivity contribution is 8.69. The molecule has 1 atom stereocenters. The smallest absolute Gasteiger partial charge is 0.0829 e. The first-order chi connectivity index (χ1) is 3.68. The molecule has 0 aromatic carbocycles. The number of hydrogen-bond donors (Lipinski definition) is 0. The van der Waals surface area contributed by atoms with Gasteiger partial charge in [0.2, 0.25) is 0 Å². The molecule has 0 saturated heterocycles. The van der Waals surface area contributed by atoms with E-state index in [1.165, 1.54) is 10.8 Å². The average molecular weight is 152 g/mol. The standard InChI is InChI=1S/C5H12OS2/c1-4-7-8(6)5(2)3/h5H,4H2,1-3H3. The van der Waals surface area contributed by atoms with Crippen LogP contribution in [0.2, 0.25) is 0 Å². The summed E-state index contributed by atoms with van der Waals surface area (Å²) >= 11 is 0. The third kappa shape index (κ3) is 3.50. The molecule has 0 heterocycles. The zero-order valence-electron chi connectivity index (χ0n) is 5.51. The molecule has 0 radical (unpaired) electrons. The van der Waals surface area contributed by atoms with Crippen LogP contribution in [0.5, 0.6) is 0 Å². The maximum absolute atomic E-state index is 10.8. The predicted molar refractivity (Wildman–Crippen MR) is 41.4 cm³/mol. The van der Waals surface area contributed by atoms with Gasteiger partial charge in [-0.2, -0.15) is 0 Å². The Labute approximate surface area is 57.1 Å². The van der Waals surface area contributed by atoms with E-state index in [0.717, 1.165) is 5.75 Å². The van der Waals surface area contributed by atoms with Crippen molar-refractivity contribution in [1.29, 1.82) is 0 Å². The molecule has 0 aromatic heterocycles. The van der Waals surface area contributed by atoms with Crippen molar-refractivity contribution in [2.24, 2.45) is 0 Å². The lowest BCUT2D eigenvalue weighted by Gasteiger charge is -1.99. The molecule has 0 aromatic rings. The van der Waals surface area contributed by atoms with E-state index in [-0.39, 0.29) is 0 Å². The Morgan fingerprint density at radius 3 is 2.25 bits per heavy atom. The van der Waals surface area contributed by atoms with Crippen LogP contribution in [0.1, 0.15) is 20.8 Å². The van der Waals surface area contributed by atoms with Crippen LogP contribution < -0.4 is 0 Å². The molecule has 0 fully saturated rings. The topological polar surface area (TPSA) is 17.1 Å². The molecule has 3 heteroatoms. The van der Waals surface area contributed by atoms with Gasteiger partial charge in [-0.15, -0.1) is 0 Å².